The number of aryl methyl sites for hydroxylation is 1. The third kappa shape index (κ3) is 3.56. The molecule has 2 aromatic rings. The molecule has 0 saturated heterocycles. The molecule has 7 heteroatoms. The summed E-state index contributed by atoms with van der Waals surface area (Å²) in [6, 6.07) is 11.2. The minimum atomic E-state index is -3.74. The second-order valence-electron chi connectivity index (χ2n) is 4.35. The lowest BCUT2D eigenvalue weighted by Crippen LogP contribution is -2.13. The highest BCUT2D eigenvalue weighted by molar-refractivity contribution is 9.10. The van der Waals surface area contributed by atoms with Crippen molar-refractivity contribution in [2.75, 3.05) is 4.72 Å². The molecule has 4 nitrogen and oxygen atoms in total. The van der Waals surface area contributed by atoms with Crippen molar-refractivity contribution in [1.82, 2.24) is 0 Å². The number of halogens is 2. The van der Waals surface area contributed by atoms with Crippen molar-refractivity contribution in [3.63, 3.8) is 0 Å². The van der Waals surface area contributed by atoms with Crippen LogP contribution in [0.15, 0.2) is 45.8 Å². The minimum absolute atomic E-state index is 0.133. The van der Waals surface area contributed by atoms with Crippen LogP contribution in [0.1, 0.15) is 11.1 Å². The molecule has 0 atom stereocenters. The van der Waals surface area contributed by atoms with Crippen molar-refractivity contribution < 1.29 is 8.42 Å². The van der Waals surface area contributed by atoms with E-state index in [1.807, 2.05) is 13.0 Å². The monoisotopic (exact) mass is 384 g/mol. The first-order valence-electron chi connectivity index (χ1n) is 5.82. The van der Waals surface area contributed by atoms with Crippen LogP contribution in [0, 0.1) is 18.3 Å². The van der Waals surface area contributed by atoms with Gasteiger partial charge in [-0.05, 0) is 58.7 Å². The lowest BCUT2D eigenvalue weighted by Gasteiger charge is -2.10. The molecule has 0 bridgehead atoms. The zero-order chi connectivity index (χ0) is 15.6. The summed E-state index contributed by atoms with van der Waals surface area (Å²) >= 11 is 9.14. The van der Waals surface area contributed by atoms with Gasteiger partial charge in [0.25, 0.3) is 10.0 Å². The maximum atomic E-state index is 12.4. The summed E-state index contributed by atoms with van der Waals surface area (Å²) in [6.07, 6.45) is 0. The minimum Gasteiger partial charge on any atom is -0.280 e. The van der Waals surface area contributed by atoms with Crippen molar-refractivity contribution >= 4 is 43.2 Å². The van der Waals surface area contributed by atoms with Crippen molar-refractivity contribution in [2.45, 2.75) is 11.8 Å². The van der Waals surface area contributed by atoms with Crippen LogP contribution in [-0.2, 0) is 10.0 Å². The van der Waals surface area contributed by atoms with E-state index in [9.17, 15) is 8.42 Å². The number of hydrogen-bond acceptors (Lipinski definition) is 3. The van der Waals surface area contributed by atoms with Crippen molar-refractivity contribution in [1.29, 1.82) is 5.26 Å². The zero-order valence-corrected chi connectivity index (χ0v) is 14.1. The van der Waals surface area contributed by atoms with E-state index < -0.39 is 10.0 Å². The normalized spacial score (nSPS) is 11.0. The van der Waals surface area contributed by atoms with E-state index in [1.165, 1.54) is 24.3 Å². The number of sulfonamides is 1. The van der Waals surface area contributed by atoms with Crippen LogP contribution in [0.2, 0.25) is 5.02 Å². The molecule has 2 aromatic carbocycles. The molecule has 0 aliphatic carbocycles. The SMILES string of the molecule is Cc1ccc(S(=O)(=O)Nc2ccc(C#N)c(Cl)c2)c(Br)c1. The number of benzene rings is 2. The zero-order valence-electron chi connectivity index (χ0n) is 10.9. The Morgan fingerprint density at radius 2 is 1.95 bits per heavy atom. The van der Waals surface area contributed by atoms with E-state index in [1.54, 1.807) is 12.1 Å². The summed E-state index contributed by atoms with van der Waals surface area (Å²) in [6.45, 7) is 1.87. The van der Waals surface area contributed by atoms with Crippen LogP contribution in [0.25, 0.3) is 0 Å². The van der Waals surface area contributed by atoms with Gasteiger partial charge >= 0.3 is 0 Å². The van der Waals surface area contributed by atoms with Crippen LogP contribution in [0.4, 0.5) is 5.69 Å². The predicted molar refractivity (Wildman–Crippen MR) is 85.9 cm³/mol. The number of rotatable bonds is 3. The molecule has 0 aliphatic heterocycles. The lowest BCUT2D eigenvalue weighted by atomic mass is 10.2. The van der Waals surface area contributed by atoms with Crippen LogP contribution >= 0.6 is 27.5 Å². The molecule has 0 spiro atoms. The van der Waals surface area contributed by atoms with Gasteiger partial charge in [0.05, 0.1) is 16.3 Å². The van der Waals surface area contributed by atoms with Crippen LogP contribution in [-0.4, -0.2) is 8.42 Å². The van der Waals surface area contributed by atoms with Gasteiger partial charge < -0.3 is 0 Å². The Kier molecular flexibility index (Phi) is 4.57. The van der Waals surface area contributed by atoms with Gasteiger partial charge in [-0.1, -0.05) is 17.7 Å². The second kappa shape index (κ2) is 6.06. The fourth-order valence-electron chi connectivity index (χ4n) is 1.70. The van der Waals surface area contributed by atoms with Crippen LogP contribution in [0.3, 0.4) is 0 Å². The molecule has 0 unspecified atom stereocenters. The average molecular weight is 386 g/mol. The summed E-state index contributed by atoms with van der Waals surface area (Å²) in [5.41, 5.74) is 1.53. The second-order valence-corrected chi connectivity index (χ2v) is 7.26. The molecule has 108 valence electrons. The van der Waals surface area contributed by atoms with E-state index in [4.69, 9.17) is 16.9 Å². The van der Waals surface area contributed by atoms with E-state index in [2.05, 4.69) is 20.7 Å². The van der Waals surface area contributed by atoms with E-state index in [0.717, 1.165) is 5.56 Å². The van der Waals surface area contributed by atoms with Gasteiger partial charge in [-0.3, -0.25) is 4.72 Å². The fraction of sp³-hybridized carbons (Fsp3) is 0.0714. The molecule has 0 heterocycles. The Bertz CT molecular complexity index is 845. The predicted octanol–water partition coefficient (Wildman–Crippen LogP) is 4.08. The topological polar surface area (TPSA) is 70.0 Å². The van der Waals surface area contributed by atoms with Crippen molar-refractivity contribution in [2.24, 2.45) is 0 Å². The molecule has 0 aromatic heterocycles. The molecule has 2 rings (SSSR count). The first-order chi connectivity index (χ1) is 9.83. The molecule has 0 amide bonds. The Morgan fingerprint density at radius 3 is 2.52 bits per heavy atom. The maximum absolute atomic E-state index is 12.4. The lowest BCUT2D eigenvalue weighted by molar-refractivity contribution is 0.600. The molecule has 0 fully saturated rings. The first-order valence-corrected chi connectivity index (χ1v) is 8.47. The number of nitriles is 1. The quantitative estimate of drug-likeness (QED) is 0.865. The van der Waals surface area contributed by atoms with Crippen LogP contribution < -0.4 is 4.72 Å². The molecule has 0 aliphatic rings. The van der Waals surface area contributed by atoms with Gasteiger partial charge in [0.15, 0.2) is 0 Å². The molecular formula is C14H10BrClN2O2S. The van der Waals surface area contributed by atoms with Crippen molar-refractivity contribution in [3.05, 3.63) is 57.0 Å². The van der Waals surface area contributed by atoms with Gasteiger partial charge in [-0.2, -0.15) is 5.26 Å². The van der Waals surface area contributed by atoms with Gasteiger partial charge in [0.1, 0.15) is 11.0 Å². The first kappa shape index (κ1) is 15.8. The third-order valence-corrected chi connectivity index (χ3v) is 5.39. The highest BCUT2D eigenvalue weighted by atomic mass is 79.9. The smallest absolute Gasteiger partial charge is 0.263 e. The summed E-state index contributed by atoms with van der Waals surface area (Å²) in [7, 11) is -3.74. The number of nitrogens with one attached hydrogen (secondary N) is 1. The molecular weight excluding hydrogens is 376 g/mol. The summed E-state index contributed by atoms with van der Waals surface area (Å²) in [5, 5.41) is 9.00. The Hall–Kier alpha value is -1.55. The number of hydrogen-bond donors (Lipinski definition) is 1. The Balaban J connectivity index is 2.38. The molecule has 21 heavy (non-hydrogen) atoms. The van der Waals surface area contributed by atoms with E-state index in [0.29, 0.717) is 10.2 Å². The fourth-order valence-corrected chi connectivity index (χ4v) is 4.17. The Morgan fingerprint density at radius 1 is 1.24 bits per heavy atom. The Labute approximate surface area is 136 Å². The standard InChI is InChI=1S/C14H10BrClN2O2S/c1-9-2-5-14(12(15)6-9)21(19,20)18-11-4-3-10(8-17)13(16)7-11/h2-7,18H,1H3. The van der Waals surface area contributed by atoms with Gasteiger partial charge in [0, 0.05) is 4.47 Å². The molecule has 0 saturated carbocycles. The highest BCUT2D eigenvalue weighted by Crippen LogP contribution is 2.27. The van der Waals surface area contributed by atoms with Gasteiger partial charge in [-0.25, -0.2) is 8.42 Å². The third-order valence-electron chi connectivity index (χ3n) is 2.72. The molecule has 1 N–H and O–H groups in total. The average Bonchev–Trinajstić information content (AvgIpc) is 2.37. The largest absolute Gasteiger partial charge is 0.280 e. The molecule has 0 radical (unpaired) electrons. The van der Waals surface area contributed by atoms with Gasteiger partial charge in [-0.15, -0.1) is 0 Å². The summed E-state index contributed by atoms with van der Waals surface area (Å²) < 4.78 is 27.6. The maximum Gasteiger partial charge on any atom is 0.263 e. The van der Waals surface area contributed by atoms with Crippen molar-refractivity contribution in [3.8, 4) is 6.07 Å². The van der Waals surface area contributed by atoms with Gasteiger partial charge in [0.2, 0.25) is 0 Å². The number of nitrogens with zero attached hydrogens (tertiary/aromatic N) is 1. The van der Waals surface area contributed by atoms with E-state index in [-0.39, 0.29) is 15.5 Å². The highest BCUT2D eigenvalue weighted by Gasteiger charge is 2.18. The number of anilines is 1. The summed E-state index contributed by atoms with van der Waals surface area (Å²) in [5.74, 6) is 0. The van der Waals surface area contributed by atoms with E-state index >= 15 is 0 Å². The van der Waals surface area contributed by atoms with Crippen LogP contribution in [0.5, 0.6) is 0 Å². The summed E-state index contributed by atoms with van der Waals surface area (Å²) in [4.78, 5) is 0.133.